The molecule has 2 aromatic heterocycles. The number of benzene rings is 1. The molecule has 0 radical (unpaired) electrons. The lowest BCUT2D eigenvalue weighted by Crippen LogP contribution is -2.41. The van der Waals surface area contributed by atoms with E-state index in [0.717, 1.165) is 12.1 Å². The number of ether oxygens (including phenoxy) is 2. The summed E-state index contributed by atoms with van der Waals surface area (Å²) < 4.78 is 38.4. The van der Waals surface area contributed by atoms with Crippen LogP contribution in [-0.2, 0) is 9.53 Å². The highest BCUT2D eigenvalue weighted by molar-refractivity contribution is 9.10. The molecule has 6 nitrogen and oxygen atoms in total. The number of Topliss-reactive ketones (excluding diaryl/α,β-unsaturated/α-hetero) is 1. The second-order valence-electron chi connectivity index (χ2n) is 6.41. The third-order valence-corrected chi connectivity index (χ3v) is 4.33. The van der Waals surface area contributed by atoms with Crippen molar-refractivity contribution in [2.75, 3.05) is 6.61 Å². The lowest BCUT2D eigenvalue weighted by molar-refractivity contribution is -0.158. The van der Waals surface area contributed by atoms with E-state index in [9.17, 15) is 18.4 Å². The summed E-state index contributed by atoms with van der Waals surface area (Å²) in [5.74, 6) is -4.00. The highest BCUT2D eigenvalue weighted by Gasteiger charge is 2.34. The lowest BCUT2D eigenvalue weighted by atomic mass is 10.1. The Labute approximate surface area is 167 Å². The van der Waals surface area contributed by atoms with Gasteiger partial charge < -0.3 is 14.5 Å². The molecule has 28 heavy (non-hydrogen) atoms. The van der Waals surface area contributed by atoms with Gasteiger partial charge >= 0.3 is 5.97 Å². The molecule has 0 atom stereocenters. The molecule has 146 valence electrons. The van der Waals surface area contributed by atoms with Crippen LogP contribution in [0.25, 0.3) is 11.0 Å². The summed E-state index contributed by atoms with van der Waals surface area (Å²) in [4.78, 5) is 31.7. The molecule has 0 aliphatic heterocycles. The van der Waals surface area contributed by atoms with Crippen molar-refractivity contribution < 1.29 is 27.8 Å². The SMILES string of the molecule is CC(C)(Oc1c(F)cccc1F)C(=O)OCC(=O)c1c[nH]c2ncc(Br)cc12. The summed E-state index contributed by atoms with van der Waals surface area (Å²) in [5, 5.41) is 0.569. The average molecular weight is 453 g/mol. The van der Waals surface area contributed by atoms with Crippen LogP contribution in [0.3, 0.4) is 0 Å². The lowest BCUT2D eigenvalue weighted by Gasteiger charge is -2.24. The standard InChI is InChI=1S/C19H15BrF2N2O4/c1-19(2,28-16-13(21)4-3-5-14(16)22)18(26)27-9-15(25)12-8-24-17-11(12)6-10(20)7-23-17/h3-8H,9H2,1-2H3,(H,23,24). The normalized spacial score (nSPS) is 11.5. The van der Waals surface area contributed by atoms with Gasteiger partial charge in [-0.25, -0.2) is 18.6 Å². The molecule has 0 amide bonds. The summed E-state index contributed by atoms with van der Waals surface area (Å²) in [5.41, 5.74) is -0.902. The van der Waals surface area contributed by atoms with Gasteiger partial charge in [0, 0.05) is 27.8 Å². The van der Waals surface area contributed by atoms with Gasteiger partial charge in [0.25, 0.3) is 0 Å². The van der Waals surface area contributed by atoms with Crippen molar-refractivity contribution in [3.8, 4) is 5.75 Å². The maximum Gasteiger partial charge on any atom is 0.350 e. The van der Waals surface area contributed by atoms with E-state index in [2.05, 4.69) is 25.9 Å². The molecular weight excluding hydrogens is 438 g/mol. The van der Waals surface area contributed by atoms with Gasteiger partial charge in [-0.1, -0.05) is 6.07 Å². The number of aromatic nitrogens is 2. The Bertz CT molecular complexity index is 1050. The van der Waals surface area contributed by atoms with Crippen LogP contribution in [0.5, 0.6) is 5.75 Å². The van der Waals surface area contributed by atoms with E-state index in [1.807, 2.05) is 0 Å². The fourth-order valence-electron chi connectivity index (χ4n) is 2.47. The number of carbonyl (C=O) groups excluding carboxylic acids is 2. The number of esters is 1. The van der Waals surface area contributed by atoms with Crippen LogP contribution < -0.4 is 4.74 Å². The van der Waals surface area contributed by atoms with Crippen LogP contribution in [0.15, 0.2) is 41.1 Å². The molecule has 2 heterocycles. The topological polar surface area (TPSA) is 81.3 Å². The zero-order valence-electron chi connectivity index (χ0n) is 14.9. The summed E-state index contributed by atoms with van der Waals surface area (Å²) in [6.07, 6.45) is 3.05. The van der Waals surface area contributed by atoms with Gasteiger partial charge in [0.2, 0.25) is 5.78 Å². The molecule has 0 aliphatic rings. The number of hydrogen-bond acceptors (Lipinski definition) is 5. The number of H-pyrrole nitrogens is 1. The first-order valence-corrected chi connectivity index (χ1v) is 8.94. The minimum atomic E-state index is -1.71. The average Bonchev–Trinajstić information content (AvgIpc) is 3.05. The van der Waals surface area contributed by atoms with E-state index in [4.69, 9.17) is 9.47 Å². The summed E-state index contributed by atoms with van der Waals surface area (Å²) in [6, 6.07) is 4.90. The van der Waals surface area contributed by atoms with Crippen molar-refractivity contribution >= 4 is 38.7 Å². The van der Waals surface area contributed by atoms with Crippen molar-refractivity contribution in [3.63, 3.8) is 0 Å². The van der Waals surface area contributed by atoms with Gasteiger partial charge in [-0.15, -0.1) is 0 Å². The molecule has 9 heteroatoms. The molecule has 1 N–H and O–H groups in total. The number of pyridine rings is 1. The number of nitrogens with one attached hydrogen (secondary N) is 1. The van der Waals surface area contributed by atoms with E-state index >= 15 is 0 Å². The van der Waals surface area contributed by atoms with Gasteiger partial charge in [0.15, 0.2) is 29.6 Å². The predicted molar refractivity (Wildman–Crippen MR) is 100 cm³/mol. The van der Waals surface area contributed by atoms with E-state index in [-0.39, 0.29) is 0 Å². The molecule has 0 spiro atoms. The molecule has 3 aromatic rings. The Morgan fingerprint density at radius 2 is 1.93 bits per heavy atom. The fourth-order valence-corrected chi connectivity index (χ4v) is 2.80. The third-order valence-electron chi connectivity index (χ3n) is 3.90. The van der Waals surface area contributed by atoms with E-state index in [1.165, 1.54) is 26.1 Å². The summed E-state index contributed by atoms with van der Waals surface area (Å²) in [6.45, 7) is 2.02. The molecule has 0 unspecified atom stereocenters. The zero-order chi connectivity index (χ0) is 20.5. The molecule has 1 aromatic carbocycles. The second kappa shape index (κ2) is 7.67. The number of carbonyl (C=O) groups is 2. The van der Waals surface area contributed by atoms with Gasteiger partial charge in [-0.2, -0.15) is 0 Å². The monoisotopic (exact) mass is 452 g/mol. The number of halogens is 3. The van der Waals surface area contributed by atoms with Gasteiger partial charge in [-0.05, 0) is 48.0 Å². The minimum Gasteiger partial charge on any atom is -0.470 e. The first-order chi connectivity index (χ1) is 13.2. The molecule has 3 rings (SSSR count). The number of rotatable bonds is 6. The predicted octanol–water partition coefficient (Wildman–Crippen LogP) is 4.19. The first kappa shape index (κ1) is 19.9. The van der Waals surface area contributed by atoms with Crippen molar-refractivity contribution in [1.82, 2.24) is 9.97 Å². The molecular formula is C19H15BrF2N2O4. The van der Waals surface area contributed by atoms with Crippen molar-refractivity contribution in [2.45, 2.75) is 19.4 Å². The van der Waals surface area contributed by atoms with Crippen LogP contribution >= 0.6 is 15.9 Å². The number of nitrogens with zero attached hydrogens (tertiary/aromatic N) is 1. The third kappa shape index (κ3) is 4.04. The maximum absolute atomic E-state index is 13.7. The Kier molecular flexibility index (Phi) is 5.46. The molecule has 0 aliphatic carbocycles. The Morgan fingerprint density at radius 1 is 1.25 bits per heavy atom. The van der Waals surface area contributed by atoms with Gasteiger partial charge in [0.1, 0.15) is 5.65 Å². The molecule has 0 bridgehead atoms. The maximum atomic E-state index is 13.7. The van der Waals surface area contributed by atoms with Gasteiger partial charge in [-0.3, -0.25) is 4.79 Å². The Morgan fingerprint density at radius 3 is 2.61 bits per heavy atom. The summed E-state index contributed by atoms with van der Waals surface area (Å²) >= 11 is 3.28. The minimum absolute atomic E-state index is 0.301. The molecule has 0 saturated carbocycles. The van der Waals surface area contributed by atoms with Crippen LogP contribution in [0.1, 0.15) is 24.2 Å². The Balaban J connectivity index is 1.70. The van der Waals surface area contributed by atoms with E-state index < -0.39 is 41.3 Å². The van der Waals surface area contributed by atoms with Crippen LogP contribution in [0, 0.1) is 11.6 Å². The highest BCUT2D eigenvalue weighted by Crippen LogP contribution is 2.26. The van der Waals surface area contributed by atoms with Crippen molar-refractivity contribution in [1.29, 1.82) is 0 Å². The van der Waals surface area contributed by atoms with Gasteiger partial charge in [0.05, 0.1) is 0 Å². The highest BCUT2D eigenvalue weighted by atomic mass is 79.9. The van der Waals surface area contributed by atoms with E-state index in [0.29, 0.717) is 21.1 Å². The zero-order valence-corrected chi connectivity index (χ0v) is 16.5. The van der Waals surface area contributed by atoms with Crippen molar-refractivity contribution in [3.05, 3.63) is 58.3 Å². The van der Waals surface area contributed by atoms with Crippen LogP contribution in [0.2, 0.25) is 0 Å². The smallest absolute Gasteiger partial charge is 0.350 e. The van der Waals surface area contributed by atoms with Crippen LogP contribution in [-0.4, -0.2) is 33.9 Å². The fraction of sp³-hybridized carbons (Fsp3) is 0.211. The van der Waals surface area contributed by atoms with Crippen LogP contribution in [0.4, 0.5) is 8.78 Å². The molecule has 0 fully saturated rings. The molecule has 0 saturated heterocycles. The Hall–Kier alpha value is -2.81. The number of hydrogen-bond donors (Lipinski definition) is 1. The quantitative estimate of drug-likeness (QED) is 0.447. The largest absolute Gasteiger partial charge is 0.470 e. The van der Waals surface area contributed by atoms with Crippen molar-refractivity contribution in [2.24, 2.45) is 0 Å². The number of ketones is 1. The van der Waals surface area contributed by atoms with E-state index in [1.54, 1.807) is 12.3 Å². The second-order valence-corrected chi connectivity index (χ2v) is 7.33. The first-order valence-electron chi connectivity index (χ1n) is 8.15. The number of para-hydroxylation sites is 1. The summed E-state index contributed by atoms with van der Waals surface area (Å²) in [7, 11) is 0. The number of aromatic amines is 1. The number of fused-ring (bicyclic) bond motifs is 1.